The second-order valence-electron chi connectivity index (χ2n) is 4.47. The number of carbonyl (C=O) groups excluding carboxylic acids is 1. The number of benzene rings is 1. The Morgan fingerprint density at radius 3 is 2.50 bits per heavy atom. The van der Waals surface area contributed by atoms with E-state index in [1.54, 1.807) is 47.1 Å². The lowest BCUT2D eigenvalue weighted by Crippen LogP contribution is -2.30. The average molecular weight is 383 g/mol. The van der Waals surface area contributed by atoms with Crippen molar-refractivity contribution in [2.45, 2.75) is 6.54 Å². The number of hydrogen-bond donors (Lipinski definition) is 2. The minimum atomic E-state index is -1.22. The first kappa shape index (κ1) is 16.6. The quantitative estimate of drug-likeness (QED) is 0.468. The van der Waals surface area contributed by atoms with Gasteiger partial charge in [0.25, 0.3) is 5.91 Å². The summed E-state index contributed by atoms with van der Waals surface area (Å²) < 4.78 is 14.5. The molecule has 1 atom stereocenters. The Balaban J connectivity index is 2.19. The summed E-state index contributed by atoms with van der Waals surface area (Å²) >= 11 is 3.32. The number of rotatable bonds is 5. The number of pyridine rings is 1. The Morgan fingerprint density at radius 2 is 2.00 bits per heavy atom. The summed E-state index contributed by atoms with van der Waals surface area (Å²) in [6.45, 7) is 0.419. The SMILES string of the molecule is CS(=O)N(Cc1ccc(C(=O)NN)cc1)c1ccc(Br)cn1. The minimum Gasteiger partial charge on any atom is -0.290 e. The molecule has 0 saturated carbocycles. The van der Waals surface area contributed by atoms with Crippen LogP contribution in [0.1, 0.15) is 15.9 Å². The molecule has 1 aromatic carbocycles. The van der Waals surface area contributed by atoms with Crippen LogP contribution in [-0.4, -0.2) is 21.4 Å². The third-order valence-electron chi connectivity index (χ3n) is 2.95. The first-order valence-corrected chi connectivity index (χ1v) is 8.64. The fourth-order valence-corrected chi connectivity index (χ4v) is 2.77. The molecule has 1 unspecified atom stereocenters. The van der Waals surface area contributed by atoms with Gasteiger partial charge in [0.2, 0.25) is 0 Å². The van der Waals surface area contributed by atoms with Crippen molar-refractivity contribution in [3.8, 4) is 0 Å². The molecule has 6 nitrogen and oxygen atoms in total. The molecule has 8 heteroatoms. The zero-order valence-electron chi connectivity index (χ0n) is 11.8. The maximum absolute atomic E-state index is 12.0. The molecule has 0 aliphatic rings. The maximum atomic E-state index is 12.0. The fourth-order valence-electron chi connectivity index (χ4n) is 1.83. The topological polar surface area (TPSA) is 88.3 Å². The van der Waals surface area contributed by atoms with E-state index in [1.165, 1.54) is 0 Å². The highest BCUT2D eigenvalue weighted by atomic mass is 79.9. The molecule has 116 valence electrons. The van der Waals surface area contributed by atoms with Gasteiger partial charge < -0.3 is 0 Å². The Kier molecular flexibility index (Phi) is 5.64. The van der Waals surface area contributed by atoms with Crippen LogP contribution in [0.4, 0.5) is 5.82 Å². The molecule has 0 aliphatic carbocycles. The maximum Gasteiger partial charge on any atom is 0.265 e. The molecule has 1 aromatic heterocycles. The van der Waals surface area contributed by atoms with Gasteiger partial charge in [0.05, 0.1) is 6.54 Å². The molecule has 0 aliphatic heterocycles. The second-order valence-corrected chi connectivity index (χ2v) is 6.67. The van der Waals surface area contributed by atoms with Crippen molar-refractivity contribution < 1.29 is 9.00 Å². The molecule has 2 aromatic rings. The second kappa shape index (κ2) is 7.48. The molecule has 0 spiro atoms. The third-order valence-corrected chi connectivity index (χ3v) is 4.36. The smallest absolute Gasteiger partial charge is 0.265 e. The summed E-state index contributed by atoms with van der Waals surface area (Å²) in [6.07, 6.45) is 3.25. The normalized spacial score (nSPS) is 11.8. The Labute approximate surface area is 139 Å². The predicted octanol–water partition coefficient (Wildman–Crippen LogP) is 1.75. The van der Waals surface area contributed by atoms with E-state index in [9.17, 15) is 9.00 Å². The number of nitrogen functional groups attached to an aromatic ring is 1. The summed E-state index contributed by atoms with van der Waals surface area (Å²) in [6, 6.07) is 10.6. The zero-order valence-corrected chi connectivity index (χ0v) is 14.2. The van der Waals surface area contributed by atoms with Gasteiger partial charge in [0.15, 0.2) is 0 Å². The highest BCUT2D eigenvalue weighted by Crippen LogP contribution is 2.19. The lowest BCUT2D eigenvalue weighted by Gasteiger charge is -2.20. The number of carbonyl (C=O) groups is 1. The van der Waals surface area contributed by atoms with Crippen molar-refractivity contribution in [2.75, 3.05) is 10.6 Å². The van der Waals surface area contributed by atoms with E-state index in [2.05, 4.69) is 26.3 Å². The van der Waals surface area contributed by atoms with Gasteiger partial charge in [-0.05, 0) is 45.8 Å². The number of aromatic nitrogens is 1. The van der Waals surface area contributed by atoms with Crippen molar-refractivity contribution in [3.63, 3.8) is 0 Å². The van der Waals surface area contributed by atoms with E-state index in [-0.39, 0.29) is 5.91 Å². The number of amides is 1. The molecule has 1 amide bonds. The van der Waals surface area contributed by atoms with Crippen LogP contribution in [0.15, 0.2) is 47.1 Å². The van der Waals surface area contributed by atoms with Crippen LogP contribution in [-0.2, 0) is 17.5 Å². The van der Waals surface area contributed by atoms with Gasteiger partial charge in [0, 0.05) is 22.5 Å². The molecule has 0 fully saturated rings. The lowest BCUT2D eigenvalue weighted by molar-refractivity contribution is 0.0953. The molecule has 3 N–H and O–H groups in total. The van der Waals surface area contributed by atoms with Crippen LogP contribution in [0, 0.1) is 0 Å². The predicted molar refractivity (Wildman–Crippen MR) is 90.3 cm³/mol. The van der Waals surface area contributed by atoms with Gasteiger partial charge in [-0.2, -0.15) is 0 Å². The van der Waals surface area contributed by atoms with E-state index in [0.717, 1.165) is 10.0 Å². The largest absolute Gasteiger partial charge is 0.290 e. The number of nitrogens with one attached hydrogen (secondary N) is 1. The van der Waals surface area contributed by atoms with Gasteiger partial charge in [-0.3, -0.25) is 14.5 Å². The summed E-state index contributed by atoms with van der Waals surface area (Å²) in [5, 5.41) is 0. The molecule has 0 saturated heterocycles. The van der Waals surface area contributed by atoms with E-state index in [4.69, 9.17) is 5.84 Å². The van der Waals surface area contributed by atoms with Crippen LogP contribution in [0.25, 0.3) is 0 Å². The average Bonchev–Trinajstić information content (AvgIpc) is 2.53. The van der Waals surface area contributed by atoms with Crippen LogP contribution in [0.3, 0.4) is 0 Å². The number of halogens is 1. The van der Waals surface area contributed by atoms with E-state index in [1.807, 2.05) is 6.07 Å². The Morgan fingerprint density at radius 1 is 1.32 bits per heavy atom. The van der Waals surface area contributed by atoms with Crippen molar-refractivity contribution in [1.29, 1.82) is 0 Å². The lowest BCUT2D eigenvalue weighted by atomic mass is 10.1. The van der Waals surface area contributed by atoms with Gasteiger partial charge in [0.1, 0.15) is 16.8 Å². The van der Waals surface area contributed by atoms with E-state index < -0.39 is 11.0 Å². The standard InChI is InChI=1S/C14H15BrN4O2S/c1-22(21)19(13-7-6-12(15)8-17-13)9-10-2-4-11(5-3-10)14(20)18-16/h2-8H,9,16H2,1H3,(H,18,20). The van der Waals surface area contributed by atoms with Crippen molar-refractivity contribution in [2.24, 2.45) is 5.84 Å². The Hall–Kier alpha value is -1.77. The van der Waals surface area contributed by atoms with E-state index in [0.29, 0.717) is 17.9 Å². The molecule has 0 bridgehead atoms. The molecular formula is C14H15BrN4O2S. The third kappa shape index (κ3) is 4.12. The van der Waals surface area contributed by atoms with Gasteiger partial charge >= 0.3 is 0 Å². The summed E-state index contributed by atoms with van der Waals surface area (Å²) in [5.74, 6) is 5.36. The first-order valence-electron chi connectivity index (χ1n) is 6.34. The number of nitrogens with zero attached hydrogens (tertiary/aromatic N) is 2. The minimum absolute atomic E-state index is 0.350. The van der Waals surface area contributed by atoms with Gasteiger partial charge in [-0.15, -0.1) is 0 Å². The van der Waals surface area contributed by atoms with Crippen LogP contribution < -0.4 is 15.6 Å². The number of nitrogens with two attached hydrogens (primary N) is 1. The van der Waals surface area contributed by atoms with Crippen LogP contribution >= 0.6 is 15.9 Å². The van der Waals surface area contributed by atoms with Crippen LogP contribution in [0.5, 0.6) is 0 Å². The number of anilines is 1. The first-order chi connectivity index (χ1) is 10.5. The fraction of sp³-hybridized carbons (Fsp3) is 0.143. The highest BCUT2D eigenvalue weighted by molar-refractivity contribution is 9.10. The van der Waals surface area contributed by atoms with E-state index >= 15 is 0 Å². The monoisotopic (exact) mass is 382 g/mol. The summed E-state index contributed by atoms with van der Waals surface area (Å²) in [4.78, 5) is 15.7. The molecule has 1 heterocycles. The van der Waals surface area contributed by atoms with Crippen molar-refractivity contribution in [3.05, 3.63) is 58.2 Å². The molecule has 0 radical (unpaired) electrons. The van der Waals surface area contributed by atoms with Crippen molar-refractivity contribution in [1.82, 2.24) is 10.4 Å². The number of hydrazine groups is 1. The molecule has 2 rings (SSSR count). The van der Waals surface area contributed by atoms with Gasteiger partial charge in [-0.25, -0.2) is 15.0 Å². The Bertz CT molecular complexity index is 676. The zero-order chi connectivity index (χ0) is 16.1. The summed E-state index contributed by atoms with van der Waals surface area (Å²) in [5.41, 5.74) is 3.46. The molecule has 22 heavy (non-hydrogen) atoms. The highest BCUT2D eigenvalue weighted by Gasteiger charge is 2.13. The number of hydrogen-bond acceptors (Lipinski definition) is 4. The van der Waals surface area contributed by atoms with Crippen molar-refractivity contribution >= 4 is 38.6 Å². The summed E-state index contributed by atoms with van der Waals surface area (Å²) in [7, 11) is -1.22. The molecular weight excluding hydrogens is 368 g/mol. The van der Waals surface area contributed by atoms with Crippen LogP contribution in [0.2, 0.25) is 0 Å². The van der Waals surface area contributed by atoms with Gasteiger partial charge in [-0.1, -0.05) is 12.1 Å².